The summed E-state index contributed by atoms with van der Waals surface area (Å²) < 4.78 is 5.72. The molecule has 22 heavy (non-hydrogen) atoms. The lowest BCUT2D eigenvalue weighted by Gasteiger charge is -2.01. The second kappa shape index (κ2) is 5.20. The zero-order valence-corrected chi connectivity index (χ0v) is 12.1. The van der Waals surface area contributed by atoms with Crippen LogP contribution in [0.3, 0.4) is 0 Å². The average molecular weight is 311 g/mol. The number of hydrogen-bond acceptors (Lipinski definition) is 4. The number of nitrogens with one attached hydrogen (secondary N) is 2. The molecule has 0 aliphatic heterocycles. The summed E-state index contributed by atoms with van der Waals surface area (Å²) in [4.78, 5) is 4.24. The average Bonchev–Trinajstić information content (AvgIpc) is 3.16. The summed E-state index contributed by atoms with van der Waals surface area (Å²) in [5.41, 5.74) is 2.71. The van der Waals surface area contributed by atoms with Crippen molar-refractivity contribution in [1.29, 1.82) is 0 Å². The number of aromatic amines is 1. The van der Waals surface area contributed by atoms with E-state index in [1.165, 1.54) is 0 Å². The molecule has 108 valence electrons. The molecule has 2 aromatic carbocycles. The van der Waals surface area contributed by atoms with Gasteiger partial charge in [-0.3, -0.25) is 5.10 Å². The monoisotopic (exact) mass is 310 g/mol. The van der Waals surface area contributed by atoms with E-state index in [4.69, 9.17) is 16.0 Å². The van der Waals surface area contributed by atoms with Crippen LogP contribution in [-0.4, -0.2) is 15.2 Å². The van der Waals surface area contributed by atoms with Gasteiger partial charge >= 0.3 is 0 Å². The van der Waals surface area contributed by atoms with E-state index in [-0.39, 0.29) is 0 Å². The fraction of sp³-hybridized carbons (Fsp3) is 0. The number of hydrogen-bond donors (Lipinski definition) is 2. The van der Waals surface area contributed by atoms with E-state index < -0.39 is 0 Å². The fourth-order valence-electron chi connectivity index (χ4n) is 2.25. The van der Waals surface area contributed by atoms with Crippen LogP contribution in [0.25, 0.3) is 22.2 Å². The molecule has 0 saturated heterocycles. The molecule has 0 aliphatic rings. The van der Waals surface area contributed by atoms with Crippen LogP contribution in [-0.2, 0) is 0 Å². The molecule has 0 fully saturated rings. The summed E-state index contributed by atoms with van der Waals surface area (Å²) in [6.45, 7) is 0. The minimum atomic E-state index is 0.425. The Hall–Kier alpha value is -2.79. The third kappa shape index (κ3) is 2.42. The Balaban J connectivity index is 1.61. The predicted molar refractivity (Wildman–Crippen MR) is 86.3 cm³/mol. The van der Waals surface area contributed by atoms with Crippen LogP contribution in [0.15, 0.2) is 59.3 Å². The van der Waals surface area contributed by atoms with E-state index in [9.17, 15) is 0 Å². The first-order valence-corrected chi connectivity index (χ1v) is 7.08. The molecule has 2 aromatic heterocycles. The summed E-state index contributed by atoms with van der Waals surface area (Å²) in [6, 6.07) is 13.7. The van der Waals surface area contributed by atoms with E-state index in [0.717, 1.165) is 22.2 Å². The maximum absolute atomic E-state index is 5.99. The Morgan fingerprint density at radius 2 is 2.05 bits per heavy atom. The second-order valence-electron chi connectivity index (χ2n) is 4.84. The number of fused-ring (bicyclic) bond motifs is 1. The first-order valence-electron chi connectivity index (χ1n) is 6.70. The Morgan fingerprint density at radius 1 is 1.09 bits per heavy atom. The molecule has 0 unspecified atom stereocenters. The molecule has 0 atom stereocenters. The van der Waals surface area contributed by atoms with Gasteiger partial charge in [0.2, 0.25) is 0 Å². The zero-order chi connectivity index (χ0) is 14.9. The van der Waals surface area contributed by atoms with Crippen molar-refractivity contribution in [2.75, 3.05) is 5.32 Å². The lowest BCUT2D eigenvalue weighted by Crippen LogP contribution is -1.89. The number of nitrogens with zero attached hydrogens (tertiary/aromatic N) is 2. The SMILES string of the molecule is Clc1cccc(-c2cnc(Nc3ccc4cn[nH]c4c3)o2)c1. The number of H-pyrrole nitrogens is 1. The summed E-state index contributed by atoms with van der Waals surface area (Å²) in [6.07, 6.45) is 3.45. The molecule has 4 aromatic rings. The first-order chi connectivity index (χ1) is 10.8. The summed E-state index contributed by atoms with van der Waals surface area (Å²) in [5, 5.41) is 11.8. The van der Waals surface area contributed by atoms with E-state index in [0.29, 0.717) is 16.8 Å². The van der Waals surface area contributed by atoms with Gasteiger partial charge < -0.3 is 9.73 Å². The van der Waals surface area contributed by atoms with Crippen molar-refractivity contribution >= 4 is 34.2 Å². The Labute approximate surface area is 130 Å². The normalized spacial score (nSPS) is 11.0. The Kier molecular flexibility index (Phi) is 3.05. The van der Waals surface area contributed by atoms with Gasteiger partial charge in [0.15, 0.2) is 5.76 Å². The van der Waals surface area contributed by atoms with Crippen LogP contribution < -0.4 is 5.32 Å². The summed E-state index contributed by atoms with van der Waals surface area (Å²) in [7, 11) is 0. The summed E-state index contributed by atoms with van der Waals surface area (Å²) >= 11 is 5.99. The number of aromatic nitrogens is 3. The van der Waals surface area contributed by atoms with Gasteiger partial charge in [0, 0.05) is 21.7 Å². The van der Waals surface area contributed by atoms with Crippen LogP contribution in [0, 0.1) is 0 Å². The van der Waals surface area contributed by atoms with Gasteiger partial charge in [0.1, 0.15) is 0 Å². The fourth-order valence-corrected chi connectivity index (χ4v) is 2.44. The standard InChI is InChI=1S/C16H11ClN4O/c17-12-3-1-2-10(6-12)15-9-18-16(22-15)20-13-5-4-11-8-19-21-14(11)7-13/h1-9H,(H,18,20)(H,19,21). The summed E-state index contributed by atoms with van der Waals surface area (Å²) in [5.74, 6) is 0.660. The lowest BCUT2D eigenvalue weighted by atomic mass is 10.2. The maximum atomic E-state index is 5.99. The van der Waals surface area contributed by atoms with Gasteiger partial charge in [-0.25, -0.2) is 4.98 Å². The van der Waals surface area contributed by atoms with E-state index in [1.807, 2.05) is 42.5 Å². The van der Waals surface area contributed by atoms with Gasteiger partial charge in [-0.05, 0) is 30.3 Å². The molecule has 0 aliphatic carbocycles. The third-order valence-electron chi connectivity index (χ3n) is 3.31. The Bertz CT molecular complexity index is 944. The van der Waals surface area contributed by atoms with Crippen LogP contribution >= 0.6 is 11.6 Å². The first kappa shape index (κ1) is 12.9. The van der Waals surface area contributed by atoms with E-state index >= 15 is 0 Å². The largest absolute Gasteiger partial charge is 0.423 e. The van der Waals surface area contributed by atoms with Crippen molar-refractivity contribution in [2.45, 2.75) is 0 Å². The molecule has 4 rings (SSSR count). The molecule has 0 amide bonds. The molecular formula is C16H11ClN4O. The van der Waals surface area contributed by atoms with Gasteiger partial charge in [-0.1, -0.05) is 23.7 Å². The van der Waals surface area contributed by atoms with Crippen molar-refractivity contribution in [1.82, 2.24) is 15.2 Å². The highest BCUT2D eigenvalue weighted by Gasteiger charge is 2.07. The molecule has 6 heteroatoms. The molecule has 5 nitrogen and oxygen atoms in total. The van der Waals surface area contributed by atoms with Crippen molar-refractivity contribution in [3.8, 4) is 11.3 Å². The van der Waals surface area contributed by atoms with Gasteiger partial charge in [0.05, 0.1) is 17.9 Å². The van der Waals surface area contributed by atoms with Crippen LogP contribution in [0.5, 0.6) is 0 Å². The highest BCUT2D eigenvalue weighted by Crippen LogP contribution is 2.27. The van der Waals surface area contributed by atoms with Crippen molar-refractivity contribution in [2.24, 2.45) is 0 Å². The zero-order valence-electron chi connectivity index (χ0n) is 11.4. The molecule has 2 N–H and O–H groups in total. The molecule has 0 bridgehead atoms. The number of halogens is 1. The van der Waals surface area contributed by atoms with Crippen molar-refractivity contribution < 1.29 is 4.42 Å². The van der Waals surface area contributed by atoms with Crippen molar-refractivity contribution in [3.05, 3.63) is 59.9 Å². The molecule has 2 heterocycles. The third-order valence-corrected chi connectivity index (χ3v) is 3.54. The van der Waals surface area contributed by atoms with Crippen LogP contribution in [0.1, 0.15) is 0 Å². The van der Waals surface area contributed by atoms with Gasteiger partial charge in [-0.2, -0.15) is 5.10 Å². The number of oxazole rings is 1. The van der Waals surface area contributed by atoms with Crippen molar-refractivity contribution in [3.63, 3.8) is 0 Å². The Morgan fingerprint density at radius 3 is 2.95 bits per heavy atom. The number of rotatable bonds is 3. The lowest BCUT2D eigenvalue weighted by molar-refractivity contribution is 0.592. The van der Waals surface area contributed by atoms with Gasteiger partial charge in [-0.15, -0.1) is 0 Å². The van der Waals surface area contributed by atoms with Crippen LogP contribution in [0.2, 0.25) is 5.02 Å². The van der Waals surface area contributed by atoms with Crippen LogP contribution in [0.4, 0.5) is 11.7 Å². The highest BCUT2D eigenvalue weighted by molar-refractivity contribution is 6.30. The molecule has 0 saturated carbocycles. The molecule has 0 spiro atoms. The quantitative estimate of drug-likeness (QED) is 0.579. The molecule has 0 radical (unpaired) electrons. The maximum Gasteiger partial charge on any atom is 0.299 e. The predicted octanol–water partition coefficient (Wildman–Crippen LogP) is 4.61. The molecular weight excluding hydrogens is 300 g/mol. The number of benzene rings is 2. The second-order valence-corrected chi connectivity index (χ2v) is 5.27. The number of anilines is 2. The highest BCUT2D eigenvalue weighted by atomic mass is 35.5. The van der Waals surface area contributed by atoms with Gasteiger partial charge in [0.25, 0.3) is 6.01 Å². The smallest absolute Gasteiger partial charge is 0.299 e. The minimum Gasteiger partial charge on any atom is -0.423 e. The topological polar surface area (TPSA) is 66.7 Å². The van der Waals surface area contributed by atoms with E-state index in [1.54, 1.807) is 12.4 Å². The van der Waals surface area contributed by atoms with E-state index in [2.05, 4.69) is 20.5 Å². The minimum absolute atomic E-state index is 0.425.